The average molecular weight is 248 g/mol. The van der Waals surface area contributed by atoms with Gasteiger partial charge in [0.25, 0.3) is 0 Å². The smallest absolute Gasteiger partial charge is 0.224 e. The van der Waals surface area contributed by atoms with E-state index in [4.69, 9.17) is 4.74 Å². The normalized spacial score (nSPS) is 19.2. The maximum atomic E-state index is 11.8. The largest absolute Gasteiger partial charge is 0.492 e. The Balaban J connectivity index is 1.61. The summed E-state index contributed by atoms with van der Waals surface area (Å²) in [6.07, 6.45) is 2.07. The Hall–Kier alpha value is -1.55. The van der Waals surface area contributed by atoms with Crippen LogP contribution in [0.2, 0.25) is 0 Å². The molecule has 1 atom stereocenters. The number of para-hydroxylation sites is 1. The van der Waals surface area contributed by atoms with Gasteiger partial charge >= 0.3 is 0 Å². The molecule has 0 saturated carbocycles. The lowest BCUT2D eigenvalue weighted by Crippen LogP contribution is -2.41. The van der Waals surface area contributed by atoms with Gasteiger partial charge in [0.05, 0.1) is 12.5 Å². The van der Waals surface area contributed by atoms with Crippen LogP contribution in [0.3, 0.4) is 0 Å². The Bertz CT molecular complexity index is 361. The van der Waals surface area contributed by atoms with Crippen LogP contribution in [0.5, 0.6) is 5.75 Å². The van der Waals surface area contributed by atoms with Crippen LogP contribution in [0.4, 0.5) is 0 Å². The molecule has 1 fully saturated rings. The van der Waals surface area contributed by atoms with Crippen molar-refractivity contribution in [1.82, 2.24) is 10.6 Å². The predicted octanol–water partition coefficient (Wildman–Crippen LogP) is 1.18. The van der Waals surface area contributed by atoms with Crippen LogP contribution in [-0.4, -0.2) is 32.1 Å². The zero-order valence-electron chi connectivity index (χ0n) is 10.5. The minimum absolute atomic E-state index is 0.121. The van der Waals surface area contributed by atoms with Crippen molar-refractivity contribution in [3.05, 3.63) is 30.3 Å². The van der Waals surface area contributed by atoms with Crippen LogP contribution in [0.15, 0.2) is 30.3 Å². The molecule has 98 valence electrons. The van der Waals surface area contributed by atoms with Gasteiger partial charge in [-0.25, -0.2) is 0 Å². The molecule has 1 aromatic rings. The van der Waals surface area contributed by atoms with Gasteiger partial charge in [0.2, 0.25) is 5.91 Å². The number of rotatable bonds is 5. The first-order valence-corrected chi connectivity index (χ1v) is 6.52. The van der Waals surface area contributed by atoms with Crippen LogP contribution in [-0.2, 0) is 4.79 Å². The molecule has 0 unspecified atom stereocenters. The second-order valence-electron chi connectivity index (χ2n) is 4.50. The number of amides is 1. The van der Waals surface area contributed by atoms with Gasteiger partial charge in [0, 0.05) is 6.54 Å². The second-order valence-corrected chi connectivity index (χ2v) is 4.50. The third-order valence-corrected chi connectivity index (χ3v) is 3.08. The van der Waals surface area contributed by atoms with E-state index < -0.39 is 0 Å². The SMILES string of the molecule is O=C(NCCOc1ccccc1)[C@H]1CCCNC1. The zero-order chi connectivity index (χ0) is 12.6. The van der Waals surface area contributed by atoms with Gasteiger partial charge in [-0.05, 0) is 31.5 Å². The summed E-state index contributed by atoms with van der Waals surface area (Å²) in [5, 5.41) is 6.16. The summed E-state index contributed by atoms with van der Waals surface area (Å²) in [7, 11) is 0. The summed E-state index contributed by atoms with van der Waals surface area (Å²) in [6, 6.07) is 9.63. The maximum Gasteiger partial charge on any atom is 0.224 e. The molecule has 1 heterocycles. The van der Waals surface area contributed by atoms with Crippen LogP contribution >= 0.6 is 0 Å². The molecule has 2 rings (SSSR count). The van der Waals surface area contributed by atoms with Gasteiger partial charge in [-0.3, -0.25) is 4.79 Å². The summed E-state index contributed by atoms with van der Waals surface area (Å²) in [4.78, 5) is 11.8. The van der Waals surface area contributed by atoms with E-state index in [0.717, 1.165) is 31.7 Å². The number of hydrogen-bond acceptors (Lipinski definition) is 3. The number of ether oxygens (including phenoxy) is 1. The van der Waals surface area contributed by atoms with Gasteiger partial charge in [-0.1, -0.05) is 18.2 Å². The van der Waals surface area contributed by atoms with E-state index in [1.54, 1.807) is 0 Å². The van der Waals surface area contributed by atoms with Gasteiger partial charge in [0.1, 0.15) is 12.4 Å². The summed E-state index contributed by atoms with van der Waals surface area (Å²) in [6.45, 7) is 2.90. The van der Waals surface area contributed by atoms with Crippen molar-refractivity contribution >= 4 is 5.91 Å². The summed E-state index contributed by atoms with van der Waals surface area (Å²) < 4.78 is 5.51. The Morgan fingerprint density at radius 3 is 2.94 bits per heavy atom. The molecule has 18 heavy (non-hydrogen) atoms. The molecule has 0 spiro atoms. The summed E-state index contributed by atoms with van der Waals surface area (Å²) >= 11 is 0. The Kier molecular flexibility index (Phi) is 5.02. The summed E-state index contributed by atoms with van der Waals surface area (Å²) in [5.41, 5.74) is 0. The number of piperidine rings is 1. The number of benzene rings is 1. The highest BCUT2D eigenvalue weighted by Crippen LogP contribution is 2.10. The van der Waals surface area contributed by atoms with Gasteiger partial charge in [0.15, 0.2) is 0 Å². The number of carbonyl (C=O) groups is 1. The molecule has 4 nitrogen and oxygen atoms in total. The predicted molar refractivity (Wildman–Crippen MR) is 70.5 cm³/mol. The maximum absolute atomic E-state index is 11.8. The van der Waals surface area contributed by atoms with Crippen LogP contribution in [0.1, 0.15) is 12.8 Å². The lowest BCUT2D eigenvalue weighted by molar-refractivity contribution is -0.125. The van der Waals surface area contributed by atoms with E-state index in [2.05, 4.69) is 10.6 Å². The molecular weight excluding hydrogens is 228 g/mol. The molecule has 0 aromatic heterocycles. The average Bonchev–Trinajstić information content (AvgIpc) is 2.45. The van der Waals surface area contributed by atoms with E-state index in [1.807, 2.05) is 30.3 Å². The highest BCUT2D eigenvalue weighted by Gasteiger charge is 2.19. The fraction of sp³-hybridized carbons (Fsp3) is 0.500. The number of nitrogens with one attached hydrogen (secondary N) is 2. The van der Waals surface area contributed by atoms with Crippen LogP contribution in [0.25, 0.3) is 0 Å². The monoisotopic (exact) mass is 248 g/mol. The Morgan fingerprint density at radius 1 is 1.39 bits per heavy atom. The van der Waals surface area contributed by atoms with Crippen LogP contribution in [0, 0.1) is 5.92 Å². The molecule has 4 heteroatoms. The van der Waals surface area contributed by atoms with Crippen molar-refractivity contribution in [2.24, 2.45) is 5.92 Å². The molecule has 0 aliphatic carbocycles. The van der Waals surface area contributed by atoms with Crippen molar-refractivity contribution in [2.75, 3.05) is 26.2 Å². The highest BCUT2D eigenvalue weighted by atomic mass is 16.5. The fourth-order valence-corrected chi connectivity index (χ4v) is 2.08. The molecule has 1 aliphatic rings. The molecule has 0 radical (unpaired) electrons. The third kappa shape index (κ3) is 4.04. The van der Waals surface area contributed by atoms with Gasteiger partial charge in [-0.2, -0.15) is 0 Å². The van der Waals surface area contributed by atoms with E-state index in [9.17, 15) is 4.79 Å². The Labute approximate surface area is 108 Å². The first-order chi connectivity index (χ1) is 8.86. The number of carbonyl (C=O) groups excluding carboxylic acids is 1. The Morgan fingerprint density at radius 2 is 2.22 bits per heavy atom. The van der Waals surface area contributed by atoms with Crippen molar-refractivity contribution in [2.45, 2.75) is 12.8 Å². The highest BCUT2D eigenvalue weighted by molar-refractivity contribution is 5.78. The van der Waals surface area contributed by atoms with Crippen molar-refractivity contribution < 1.29 is 9.53 Å². The van der Waals surface area contributed by atoms with Crippen molar-refractivity contribution in [3.63, 3.8) is 0 Å². The fourth-order valence-electron chi connectivity index (χ4n) is 2.08. The van der Waals surface area contributed by atoms with Crippen LogP contribution < -0.4 is 15.4 Å². The van der Waals surface area contributed by atoms with Crippen molar-refractivity contribution in [1.29, 1.82) is 0 Å². The zero-order valence-corrected chi connectivity index (χ0v) is 10.5. The molecule has 2 N–H and O–H groups in total. The molecule has 1 aliphatic heterocycles. The van der Waals surface area contributed by atoms with E-state index in [0.29, 0.717) is 13.2 Å². The second kappa shape index (κ2) is 7.01. The minimum atomic E-state index is 0.121. The van der Waals surface area contributed by atoms with E-state index >= 15 is 0 Å². The first-order valence-electron chi connectivity index (χ1n) is 6.52. The first kappa shape index (κ1) is 12.9. The third-order valence-electron chi connectivity index (χ3n) is 3.08. The van der Waals surface area contributed by atoms with Gasteiger partial charge < -0.3 is 15.4 Å². The minimum Gasteiger partial charge on any atom is -0.492 e. The molecule has 1 saturated heterocycles. The lowest BCUT2D eigenvalue weighted by Gasteiger charge is -2.21. The molecule has 1 amide bonds. The van der Waals surface area contributed by atoms with Gasteiger partial charge in [-0.15, -0.1) is 0 Å². The molecule has 1 aromatic carbocycles. The number of hydrogen-bond donors (Lipinski definition) is 2. The lowest BCUT2D eigenvalue weighted by atomic mass is 9.99. The van der Waals surface area contributed by atoms with E-state index in [1.165, 1.54) is 0 Å². The molecular formula is C14H20N2O2. The van der Waals surface area contributed by atoms with Crippen molar-refractivity contribution in [3.8, 4) is 5.75 Å². The summed E-state index contributed by atoms with van der Waals surface area (Å²) in [5.74, 6) is 1.10. The topological polar surface area (TPSA) is 50.4 Å². The standard InChI is InChI=1S/C14H20N2O2/c17-14(12-5-4-8-15-11-12)16-9-10-18-13-6-2-1-3-7-13/h1-3,6-7,12,15H,4-5,8-11H2,(H,16,17)/t12-/m0/s1. The quantitative estimate of drug-likeness (QED) is 0.769. The molecule has 0 bridgehead atoms. The van der Waals surface area contributed by atoms with E-state index in [-0.39, 0.29) is 11.8 Å².